The first-order chi connectivity index (χ1) is 7.62. The molecule has 1 aliphatic carbocycles. The SMILES string of the molecule is CCCC1CC(NCC2CC2(C)C)CCO1. The highest BCUT2D eigenvalue weighted by atomic mass is 16.5. The smallest absolute Gasteiger partial charge is 0.0589 e. The molecular formula is C14H27NO. The van der Waals surface area contributed by atoms with Gasteiger partial charge in [-0.2, -0.15) is 0 Å². The van der Waals surface area contributed by atoms with E-state index in [1.807, 2.05) is 0 Å². The van der Waals surface area contributed by atoms with Crippen LogP contribution in [0.5, 0.6) is 0 Å². The Balaban J connectivity index is 1.65. The molecule has 2 heteroatoms. The van der Waals surface area contributed by atoms with Gasteiger partial charge >= 0.3 is 0 Å². The monoisotopic (exact) mass is 225 g/mol. The highest BCUT2D eigenvalue weighted by Gasteiger charge is 2.45. The highest BCUT2D eigenvalue weighted by molar-refractivity contribution is 4.96. The Hall–Kier alpha value is -0.0800. The Morgan fingerprint density at radius 1 is 1.38 bits per heavy atom. The number of hydrogen-bond donors (Lipinski definition) is 1. The van der Waals surface area contributed by atoms with Gasteiger partial charge in [-0.25, -0.2) is 0 Å². The van der Waals surface area contributed by atoms with Crippen LogP contribution < -0.4 is 5.32 Å². The van der Waals surface area contributed by atoms with E-state index in [9.17, 15) is 0 Å². The molecule has 1 aliphatic heterocycles. The summed E-state index contributed by atoms with van der Waals surface area (Å²) in [5.74, 6) is 0.917. The molecular weight excluding hydrogens is 198 g/mol. The van der Waals surface area contributed by atoms with Crippen LogP contribution in [0, 0.1) is 11.3 Å². The fourth-order valence-electron chi connectivity index (χ4n) is 2.82. The van der Waals surface area contributed by atoms with Crippen LogP contribution in [0.1, 0.15) is 52.9 Å². The van der Waals surface area contributed by atoms with Gasteiger partial charge in [-0.15, -0.1) is 0 Å². The lowest BCUT2D eigenvalue weighted by Crippen LogP contribution is -2.40. The van der Waals surface area contributed by atoms with Crippen molar-refractivity contribution >= 4 is 0 Å². The van der Waals surface area contributed by atoms with E-state index >= 15 is 0 Å². The normalized spacial score (nSPS) is 37.3. The summed E-state index contributed by atoms with van der Waals surface area (Å²) in [6, 6.07) is 0.710. The van der Waals surface area contributed by atoms with Gasteiger partial charge in [0.15, 0.2) is 0 Å². The van der Waals surface area contributed by atoms with Crippen LogP contribution >= 0.6 is 0 Å². The summed E-state index contributed by atoms with van der Waals surface area (Å²) >= 11 is 0. The minimum atomic E-state index is 0.517. The van der Waals surface area contributed by atoms with Crippen molar-refractivity contribution in [3.05, 3.63) is 0 Å². The first kappa shape index (κ1) is 12.4. The van der Waals surface area contributed by atoms with E-state index in [1.165, 1.54) is 38.6 Å². The molecule has 16 heavy (non-hydrogen) atoms. The maximum absolute atomic E-state index is 5.77. The molecule has 3 unspecified atom stereocenters. The van der Waals surface area contributed by atoms with Crippen LogP contribution in [0.4, 0.5) is 0 Å². The number of nitrogens with one attached hydrogen (secondary N) is 1. The van der Waals surface area contributed by atoms with Gasteiger partial charge in [0.1, 0.15) is 0 Å². The molecule has 0 amide bonds. The number of ether oxygens (including phenoxy) is 1. The van der Waals surface area contributed by atoms with Crippen molar-refractivity contribution < 1.29 is 4.74 Å². The van der Waals surface area contributed by atoms with E-state index in [4.69, 9.17) is 4.74 Å². The van der Waals surface area contributed by atoms with Crippen LogP contribution in [0.25, 0.3) is 0 Å². The molecule has 1 N–H and O–H groups in total. The summed E-state index contributed by atoms with van der Waals surface area (Å²) in [6.45, 7) is 9.17. The summed E-state index contributed by atoms with van der Waals surface area (Å²) < 4.78 is 5.77. The second-order valence-electron chi connectivity index (χ2n) is 6.30. The van der Waals surface area contributed by atoms with Gasteiger partial charge in [0.05, 0.1) is 6.10 Å². The standard InChI is InChI=1S/C14H27NO/c1-4-5-13-8-12(6-7-16-13)15-10-11-9-14(11,2)3/h11-13,15H,4-10H2,1-3H3. The van der Waals surface area contributed by atoms with E-state index in [2.05, 4.69) is 26.1 Å². The van der Waals surface area contributed by atoms with E-state index in [1.54, 1.807) is 0 Å². The lowest BCUT2D eigenvalue weighted by atomic mass is 10.00. The van der Waals surface area contributed by atoms with Gasteiger partial charge in [-0.1, -0.05) is 27.2 Å². The molecule has 0 bridgehead atoms. The average molecular weight is 225 g/mol. The minimum absolute atomic E-state index is 0.517. The third-order valence-corrected chi connectivity index (χ3v) is 4.35. The van der Waals surface area contributed by atoms with Crippen molar-refractivity contribution in [2.75, 3.05) is 13.2 Å². The summed E-state index contributed by atoms with van der Waals surface area (Å²) in [4.78, 5) is 0. The van der Waals surface area contributed by atoms with Crippen molar-refractivity contribution in [2.24, 2.45) is 11.3 Å². The van der Waals surface area contributed by atoms with Crippen LogP contribution in [0.2, 0.25) is 0 Å². The van der Waals surface area contributed by atoms with E-state index < -0.39 is 0 Å². The van der Waals surface area contributed by atoms with Crippen molar-refractivity contribution in [2.45, 2.75) is 65.0 Å². The molecule has 1 heterocycles. The molecule has 2 rings (SSSR count). The van der Waals surface area contributed by atoms with Crippen molar-refractivity contribution in [1.29, 1.82) is 0 Å². The zero-order valence-electron chi connectivity index (χ0n) is 11.1. The average Bonchev–Trinajstić information content (AvgIpc) is 2.85. The first-order valence-corrected chi connectivity index (χ1v) is 6.97. The third-order valence-electron chi connectivity index (χ3n) is 4.35. The van der Waals surface area contributed by atoms with Gasteiger partial charge in [0.25, 0.3) is 0 Å². The summed E-state index contributed by atoms with van der Waals surface area (Å²) in [5, 5.41) is 3.75. The molecule has 2 nitrogen and oxygen atoms in total. The van der Waals surface area contributed by atoms with Gasteiger partial charge in [-0.3, -0.25) is 0 Å². The zero-order chi connectivity index (χ0) is 11.6. The topological polar surface area (TPSA) is 21.3 Å². The molecule has 1 saturated heterocycles. The second kappa shape index (κ2) is 5.05. The van der Waals surface area contributed by atoms with Gasteiger partial charge in [0, 0.05) is 12.6 Å². The number of hydrogen-bond acceptors (Lipinski definition) is 2. The molecule has 0 aromatic rings. The molecule has 3 atom stereocenters. The predicted octanol–water partition coefficient (Wildman–Crippen LogP) is 2.97. The maximum atomic E-state index is 5.77. The largest absolute Gasteiger partial charge is 0.378 e. The van der Waals surface area contributed by atoms with Crippen LogP contribution in [0.15, 0.2) is 0 Å². The predicted molar refractivity (Wildman–Crippen MR) is 67.6 cm³/mol. The van der Waals surface area contributed by atoms with Crippen LogP contribution in [0.3, 0.4) is 0 Å². The van der Waals surface area contributed by atoms with Gasteiger partial charge < -0.3 is 10.1 Å². The van der Waals surface area contributed by atoms with Crippen molar-refractivity contribution in [1.82, 2.24) is 5.32 Å². The Morgan fingerprint density at radius 3 is 2.75 bits per heavy atom. The Labute approximate surface area is 100 Å². The maximum Gasteiger partial charge on any atom is 0.0589 e. The highest BCUT2D eigenvalue weighted by Crippen LogP contribution is 2.51. The molecule has 0 aromatic carbocycles. The van der Waals surface area contributed by atoms with E-state index in [0.29, 0.717) is 17.6 Å². The number of rotatable bonds is 5. The molecule has 1 saturated carbocycles. The third kappa shape index (κ3) is 3.21. The molecule has 0 spiro atoms. The van der Waals surface area contributed by atoms with Crippen molar-refractivity contribution in [3.8, 4) is 0 Å². The molecule has 2 aliphatic rings. The molecule has 0 radical (unpaired) electrons. The Morgan fingerprint density at radius 2 is 2.12 bits per heavy atom. The summed E-state index contributed by atoms with van der Waals surface area (Å²) in [5.41, 5.74) is 0.612. The summed E-state index contributed by atoms with van der Waals surface area (Å²) in [6.07, 6.45) is 6.82. The second-order valence-corrected chi connectivity index (χ2v) is 6.30. The fourth-order valence-corrected chi connectivity index (χ4v) is 2.82. The summed E-state index contributed by atoms with van der Waals surface area (Å²) in [7, 11) is 0. The zero-order valence-corrected chi connectivity index (χ0v) is 11.1. The lowest BCUT2D eigenvalue weighted by molar-refractivity contribution is -0.00335. The first-order valence-electron chi connectivity index (χ1n) is 6.97. The minimum Gasteiger partial charge on any atom is -0.378 e. The molecule has 0 aromatic heterocycles. The quantitative estimate of drug-likeness (QED) is 0.776. The van der Waals surface area contributed by atoms with Crippen molar-refractivity contribution in [3.63, 3.8) is 0 Å². The molecule has 2 fully saturated rings. The van der Waals surface area contributed by atoms with Crippen LogP contribution in [-0.4, -0.2) is 25.3 Å². The van der Waals surface area contributed by atoms with Crippen LogP contribution in [-0.2, 0) is 4.74 Å². The van der Waals surface area contributed by atoms with Gasteiger partial charge in [-0.05, 0) is 43.6 Å². The Kier molecular flexibility index (Phi) is 3.91. The van der Waals surface area contributed by atoms with E-state index in [-0.39, 0.29) is 0 Å². The lowest BCUT2D eigenvalue weighted by Gasteiger charge is -2.30. The molecule has 94 valence electrons. The van der Waals surface area contributed by atoms with Gasteiger partial charge in [0.2, 0.25) is 0 Å². The fraction of sp³-hybridized carbons (Fsp3) is 1.00. The Bertz CT molecular complexity index is 225. The van der Waals surface area contributed by atoms with E-state index in [0.717, 1.165) is 12.5 Å².